The van der Waals surface area contributed by atoms with Gasteiger partial charge in [0.2, 0.25) is 0 Å². The summed E-state index contributed by atoms with van der Waals surface area (Å²) in [4.78, 5) is 0. The van der Waals surface area contributed by atoms with Crippen molar-refractivity contribution in [2.24, 2.45) is 0 Å². The maximum atomic E-state index is 9.92. The molecule has 0 aromatic carbocycles. The van der Waals surface area contributed by atoms with E-state index in [0.29, 0.717) is 6.32 Å². The smallest absolute Gasteiger partial charge is 0.403 e. The van der Waals surface area contributed by atoms with Crippen LogP contribution in [0.25, 0.3) is 0 Å². The van der Waals surface area contributed by atoms with E-state index >= 15 is 0 Å². The van der Waals surface area contributed by atoms with E-state index in [9.17, 15) is 5.11 Å². The molecule has 1 rings (SSSR count). The molecule has 0 radical (unpaired) electrons. The minimum absolute atomic E-state index is 0.267. The lowest BCUT2D eigenvalue weighted by molar-refractivity contribution is 0.00578. The van der Waals surface area contributed by atoms with Gasteiger partial charge in [0.1, 0.15) is 0 Å². The van der Waals surface area contributed by atoms with Crippen molar-refractivity contribution in [2.45, 2.75) is 83.9 Å². The predicted octanol–water partition coefficient (Wildman–Crippen LogP) is 3.02. The maximum Gasteiger partial charge on any atom is 0.460 e. The number of hydrogen-bond acceptors (Lipinski definition) is 3. The number of aliphatic hydroxyl groups excluding tert-OH is 1. The summed E-state index contributed by atoms with van der Waals surface area (Å²) in [6.45, 7) is 10.3. The van der Waals surface area contributed by atoms with E-state index in [0.717, 1.165) is 12.8 Å². The molecule has 1 aliphatic rings. The Morgan fingerprint density at radius 2 is 1.59 bits per heavy atom. The van der Waals surface area contributed by atoms with E-state index in [1.807, 2.05) is 27.7 Å². The second-order valence-corrected chi connectivity index (χ2v) is 6.07. The van der Waals surface area contributed by atoms with E-state index in [2.05, 4.69) is 6.92 Å². The molecular weight excluding hydrogens is 215 g/mol. The van der Waals surface area contributed by atoms with Crippen molar-refractivity contribution in [1.82, 2.24) is 0 Å². The first-order chi connectivity index (χ1) is 7.78. The highest BCUT2D eigenvalue weighted by atomic mass is 16.7. The van der Waals surface area contributed by atoms with Crippen LogP contribution >= 0.6 is 0 Å². The number of hydrogen-bond donors (Lipinski definition) is 1. The zero-order valence-electron chi connectivity index (χ0n) is 12.0. The molecule has 0 saturated carbocycles. The SMILES string of the molecule is CCCCCC(O)CB1OC(C)(C)C(C)(C)O1. The van der Waals surface area contributed by atoms with E-state index in [4.69, 9.17) is 9.31 Å². The van der Waals surface area contributed by atoms with Crippen LogP contribution in [0.15, 0.2) is 0 Å². The van der Waals surface area contributed by atoms with E-state index in [-0.39, 0.29) is 24.4 Å². The molecule has 0 aromatic rings. The maximum absolute atomic E-state index is 9.92. The number of unbranched alkanes of at least 4 members (excludes halogenated alkanes) is 2. The van der Waals surface area contributed by atoms with Crippen molar-refractivity contribution in [3.05, 3.63) is 0 Å². The van der Waals surface area contributed by atoms with Crippen molar-refractivity contribution in [2.75, 3.05) is 0 Å². The fourth-order valence-corrected chi connectivity index (χ4v) is 2.03. The fraction of sp³-hybridized carbons (Fsp3) is 1.00. The lowest BCUT2D eigenvalue weighted by Crippen LogP contribution is -2.41. The topological polar surface area (TPSA) is 38.7 Å². The van der Waals surface area contributed by atoms with Crippen LogP contribution in [-0.4, -0.2) is 29.5 Å². The standard InChI is InChI=1S/C13H27BO3/c1-6-7-8-9-11(15)10-14-16-12(2,3)13(4,5)17-14/h11,15H,6-10H2,1-5H3. The summed E-state index contributed by atoms with van der Waals surface area (Å²) in [5, 5.41) is 9.92. The Labute approximate surface area is 106 Å². The lowest BCUT2D eigenvalue weighted by Gasteiger charge is -2.32. The van der Waals surface area contributed by atoms with Crippen molar-refractivity contribution in [3.63, 3.8) is 0 Å². The quantitative estimate of drug-likeness (QED) is 0.574. The molecule has 17 heavy (non-hydrogen) atoms. The average molecular weight is 242 g/mol. The summed E-state index contributed by atoms with van der Waals surface area (Å²) in [6, 6.07) is 0. The first kappa shape index (κ1) is 15.0. The first-order valence-corrected chi connectivity index (χ1v) is 6.82. The van der Waals surface area contributed by atoms with Crippen LogP contribution in [0.1, 0.15) is 60.3 Å². The molecule has 0 spiro atoms. The minimum atomic E-state index is -0.309. The Bertz CT molecular complexity index is 225. The highest BCUT2D eigenvalue weighted by Crippen LogP contribution is 2.38. The van der Waals surface area contributed by atoms with Crippen molar-refractivity contribution in [3.8, 4) is 0 Å². The molecule has 1 fully saturated rings. The van der Waals surface area contributed by atoms with Gasteiger partial charge in [-0.05, 0) is 34.1 Å². The summed E-state index contributed by atoms with van der Waals surface area (Å²) >= 11 is 0. The summed E-state index contributed by atoms with van der Waals surface area (Å²) in [5.41, 5.74) is -0.582. The largest absolute Gasteiger partial charge is 0.460 e. The molecule has 100 valence electrons. The van der Waals surface area contributed by atoms with E-state index in [1.165, 1.54) is 12.8 Å². The lowest BCUT2D eigenvalue weighted by atomic mass is 9.80. The molecule has 0 aromatic heterocycles. The molecule has 1 heterocycles. The van der Waals surface area contributed by atoms with Crippen LogP contribution in [0.4, 0.5) is 0 Å². The normalized spacial score (nSPS) is 24.0. The third-order valence-electron chi connectivity index (χ3n) is 3.91. The van der Waals surface area contributed by atoms with Gasteiger partial charge in [-0.15, -0.1) is 0 Å². The molecule has 1 atom stereocenters. The average Bonchev–Trinajstić information content (AvgIpc) is 2.35. The van der Waals surface area contributed by atoms with E-state index < -0.39 is 0 Å². The van der Waals surface area contributed by atoms with Crippen molar-refractivity contribution >= 4 is 7.12 Å². The summed E-state index contributed by atoms with van der Waals surface area (Å²) < 4.78 is 11.7. The molecule has 0 bridgehead atoms. The molecule has 3 nitrogen and oxygen atoms in total. The molecule has 0 aliphatic carbocycles. The zero-order valence-corrected chi connectivity index (χ0v) is 12.0. The summed E-state index contributed by atoms with van der Waals surface area (Å²) in [6.07, 6.45) is 4.56. The van der Waals surface area contributed by atoms with Crippen LogP contribution in [0.5, 0.6) is 0 Å². The van der Waals surface area contributed by atoms with Crippen molar-refractivity contribution in [1.29, 1.82) is 0 Å². The predicted molar refractivity (Wildman–Crippen MR) is 71.0 cm³/mol. The van der Waals surface area contributed by atoms with Gasteiger partial charge in [0, 0.05) is 6.32 Å². The van der Waals surface area contributed by atoms with Gasteiger partial charge in [-0.2, -0.15) is 0 Å². The Morgan fingerprint density at radius 1 is 1.06 bits per heavy atom. The van der Waals surface area contributed by atoms with Gasteiger partial charge < -0.3 is 14.4 Å². The molecule has 1 unspecified atom stereocenters. The van der Waals surface area contributed by atoms with Gasteiger partial charge in [0.25, 0.3) is 0 Å². The van der Waals surface area contributed by atoms with Gasteiger partial charge in [-0.1, -0.05) is 26.2 Å². The molecule has 0 amide bonds. The molecule has 1 N–H and O–H groups in total. The Morgan fingerprint density at radius 3 is 2.06 bits per heavy atom. The second-order valence-electron chi connectivity index (χ2n) is 6.07. The van der Waals surface area contributed by atoms with Crippen LogP contribution < -0.4 is 0 Å². The molecule has 4 heteroatoms. The van der Waals surface area contributed by atoms with Crippen LogP contribution in [0.2, 0.25) is 6.32 Å². The number of rotatable bonds is 6. The Balaban J connectivity index is 2.34. The monoisotopic (exact) mass is 242 g/mol. The van der Waals surface area contributed by atoms with Crippen LogP contribution in [0.3, 0.4) is 0 Å². The Hall–Kier alpha value is -0.0551. The third-order valence-corrected chi connectivity index (χ3v) is 3.91. The molecule has 1 aliphatic heterocycles. The van der Waals surface area contributed by atoms with E-state index in [1.54, 1.807) is 0 Å². The molecule has 1 saturated heterocycles. The first-order valence-electron chi connectivity index (χ1n) is 6.82. The van der Waals surface area contributed by atoms with Gasteiger partial charge in [-0.25, -0.2) is 0 Å². The summed E-state index contributed by atoms with van der Waals surface area (Å²) in [5.74, 6) is 0. The summed E-state index contributed by atoms with van der Waals surface area (Å²) in [7, 11) is -0.267. The number of aliphatic hydroxyl groups is 1. The third kappa shape index (κ3) is 3.97. The second kappa shape index (κ2) is 5.72. The Kier molecular flexibility index (Phi) is 5.05. The van der Waals surface area contributed by atoms with Crippen LogP contribution in [-0.2, 0) is 9.31 Å². The minimum Gasteiger partial charge on any atom is -0.403 e. The van der Waals surface area contributed by atoms with Crippen LogP contribution in [0, 0.1) is 0 Å². The highest BCUT2D eigenvalue weighted by molar-refractivity contribution is 6.45. The van der Waals surface area contributed by atoms with Crippen molar-refractivity contribution < 1.29 is 14.4 Å². The van der Waals surface area contributed by atoms with Gasteiger partial charge in [-0.3, -0.25) is 0 Å². The fourth-order valence-electron chi connectivity index (χ4n) is 2.03. The molecular formula is C13H27BO3. The zero-order chi connectivity index (χ0) is 13.1. The highest BCUT2D eigenvalue weighted by Gasteiger charge is 2.51. The van der Waals surface area contributed by atoms with Gasteiger partial charge in [0.15, 0.2) is 0 Å². The van der Waals surface area contributed by atoms with Gasteiger partial charge in [0.05, 0.1) is 17.3 Å². The van der Waals surface area contributed by atoms with Gasteiger partial charge >= 0.3 is 7.12 Å².